The number of nitrogens with one attached hydrogen (secondary N) is 4. The van der Waals surface area contributed by atoms with Crippen LogP contribution in [-0.4, -0.2) is 83.9 Å². The van der Waals surface area contributed by atoms with E-state index in [4.69, 9.17) is 10.5 Å². The molecule has 4 atom stereocenters. The average molecular weight is 655 g/mol. The number of carbonyl (C=O) groups is 6. The average Bonchev–Trinajstić information content (AvgIpc) is 3.65. The molecule has 13 nitrogen and oxygen atoms in total. The van der Waals surface area contributed by atoms with Gasteiger partial charge in [-0.15, -0.1) is 0 Å². The van der Waals surface area contributed by atoms with E-state index < -0.39 is 53.9 Å². The Morgan fingerprint density at radius 3 is 2.11 bits per heavy atom. The largest absolute Gasteiger partial charge is 0.447 e. The molecule has 0 aromatic heterocycles. The van der Waals surface area contributed by atoms with Crippen LogP contribution in [-0.2, 0) is 36.8 Å². The van der Waals surface area contributed by atoms with Crippen LogP contribution in [0.1, 0.15) is 77.3 Å². The quantitative estimate of drug-likeness (QED) is 0.190. The fourth-order valence-electron chi connectivity index (χ4n) is 6.62. The van der Waals surface area contributed by atoms with Gasteiger partial charge in [-0.3, -0.25) is 19.2 Å². The number of carbonyl (C=O) groups excluding carboxylic acids is 6. The zero-order valence-corrected chi connectivity index (χ0v) is 27.9. The Morgan fingerprint density at radius 2 is 1.55 bits per heavy atom. The number of nitrogens with two attached hydrogens (primary N) is 1. The number of alkyl carbamates (subject to hydrolysis) is 1. The van der Waals surface area contributed by atoms with Crippen molar-refractivity contribution in [2.24, 2.45) is 23.5 Å². The fourth-order valence-corrected chi connectivity index (χ4v) is 6.62. The van der Waals surface area contributed by atoms with Crippen molar-refractivity contribution in [1.29, 1.82) is 0 Å². The van der Waals surface area contributed by atoms with Gasteiger partial charge in [-0.05, 0) is 74.8 Å². The fraction of sp³-hybridized carbons (Fsp3) is 0.647. The highest BCUT2D eigenvalue weighted by Gasteiger charge is 2.43. The minimum atomic E-state index is -1.10. The maximum Gasteiger partial charge on any atom is 0.407 e. The van der Waals surface area contributed by atoms with Crippen LogP contribution in [0.3, 0.4) is 0 Å². The van der Waals surface area contributed by atoms with Gasteiger partial charge in [-0.1, -0.05) is 57.4 Å². The van der Waals surface area contributed by atoms with Crippen LogP contribution in [0.25, 0.3) is 0 Å². The Bertz CT molecular complexity index is 1300. The molecule has 1 aliphatic heterocycles. The zero-order valence-electron chi connectivity index (χ0n) is 27.9. The monoisotopic (exact) mass is 654 g/mol. The van der Waals surface area contributed by atoms with Crippen molar-refractivity contribution in [2.75, 3.05) is 13.2 Å². The molecule has 4 rings (SSSR count). The Hall–Kier alpha value is -4.16. The molecule has 2 aliphatic carbocycles. The lowest BCUT2D eigenvalue weighted by Crippen LogP contribution is -2.60. The topological polar surface area (TPSA) is 189 Å². The first kappa shape index (κ1) is 35.7. The van der Waals surface area contributed by atoms with Crippen LogP contribution in [0.2, 0.25) is 0 Å². The number of rotatable bonds is 14. The van der Waals surface area contributed by atoms with Crippen molar-refractivity contribution in [1.82, 2.24) is 26.2 Å². The highest BCUT2D eigenvalue weighted by Crippen LogP contribution is 2.32. The number of benzene rings is 1. The molecule has 13 heteroatoms. The third kappa shape index (κ3) is 9.45. The van der Waals surface area contributed by atoms with E-state index in [1.165, 1.54) is 4.90 Å². The third-order valence-corrected chi connectivity index (χ3v) is 9.54. The van der Waals surface area contributed by atoms with Crippen molar-refractivity contribution < 1.29 is 33.5 Å². The predicted octanol–water partition coefficient (Wildman–Crippen LogP) is 1.95. The Kier molecular flexibility index (Phi) is 12.2. The number of ketones is 1. The van der Waals surface area contributed by atoms with Crippen LogP contribution in [0.5, 0.6) is 0 Å². The SMILES string of the molecule is CC(C)NC(=O)OC[C@@H](NC(=O)N[C@H](C(=O)N1CCC[C@H]1C(=O)NC(CC1CCC1)C(=O)C(N)=O)C1Cc2ccccc2C1)C(C)C. The highest BCUT2D eigenvalue weighted by atomic mass is 16.5. The summed E-state index contributed by atoms with van der Waals surface area (Å²) in [4.78, 5) is 79.3. The molecule has 3 aliphatic rings. The molecule has 1 saturated carbocycles. The maximum atomic E-state index is 14.3. The van der Waals surface area contributed by atoms with Crippen LogP contribution < -0.4 is 27.0 Å². The summed E-state index contributed by atoms with van der Waals surface area (Å²) in [5.74, 6) is -2.96. The summed E-state index contributed by atoms with van der Waals surface area (Å²) >= 11 is 0. The van der Waals surface area contributed by atoms with Gasteiger partial charge in [-0.2, -0.15) is 0 Å². The van der Waals surface area contributed by atoms with Gasteiger partial charge in [0, 0.05) is 12.6 Å². The van der Waals surface area contributed by atoms with E-state index in [-0.39, 0.29) is 36.3 Å². The Balaban J connectivity index is 1.49. The number of ether oxygens (including phenoxy) is 1. The minimum absolute atomic E-state index is 0.0580. The summed E-state index contributed by atoms with van der Waals surface area (Å²) in [6.07, 6.45) is 4.70. The van der Waals surface area contributed by atoms with E-state index >= 15 is 0 Å². The second kappa shape index (κ2) is 16.1. The van der Waals surface area contributed by atoms with Gasteiger partial charge in [-0.25, -0.2) is 9.59 Å². The standard InChI is InChI=1S/C34H50N6O7/c1-19(2)26(18-47-34(46)36-20(3)4)38-33(45)39-28(24-16-22-11-5-6-12-23(22)17-24)32(44)40-14-8-13-27(40)31(43)37-25(29(41)30(35)42)15-21-9-7-10-21/h5-6,11-12,19-21,24-28H,7-10,13-18H2,1-4H3,(H2,35,42)(H,36,46)(H,37,43)(H2,38,39,45)/t25?,26-,27+,28+/m1/s1. The maximum absolute atomic E-state index is 14.3. The second-order valence-corrected chi connectivity index (χ2v) is 13.8. The van der Waals surface area contributed by atoms with Gasteiger partial charge in [0.1, 0.15) is 18.7 Å². The van der Waals surface area contributed by atoms with Gasteiger partial charge in [0.15, 0.2) is 0 Å². The molecule has 2 fully saturated rings. The lowest BCUT2D eigenvalue weighted by molar-refractivity contribution is -0.143. The number of Topliss-reactive ketones (excluding diaryl/α,β-unsaturated/α-hetero) is 1. The third-order valence-electron chi connectivity index (χ3n) is 9.54. The minimum Gasteiger partial charge on any atom is -0.447 e. The van der Waals surface area contributed by atoms with E-state index in [9.17, 15) is 28.8 Å². The predicted molar refractivity (Wildman–Crippen MR) is 174 cm³/mol. The summed E-state index contributed by atoms with van der Waals surface area (Å²) in [5, 5.41) is 11.2. The molecule has 258 valence electrons. The summed E-state index contributed by atoms with van der Waals surface area (Å²) in [7, 11) is 0. The molecule has 6 amide bonds. The van der Waals surface area contributed by atoms with E-state index in [1.54, 1.807) is 0 Å². The van der Waals surface area contributed by atoms with Gasteiger partial charge < -0.3 is 36.6 Å². The molecule has 1 saturated heterocycles. The molecule has 47 heavy (non-hydrogen) atoms. The summed E-state index contributed by atoms with van der Waals surface area (Å²) in [6.45, 7) is 7.65. The van der Waals surface area contributed by atoms with Crippen molar-refractivity contribution in [2.45, 2.75) is 109 Å². The number of hydrogen-bond acceptors (Lipinski definition) is 7. The van der Waals surface area contributed by atoms with E-state index in [0.29, 0.717) is 38.6 Å². The van der Waals surface area contributed by atoms with Crippen molar-refractivity contribution in [3.8, 4) is 0 Å². The molecule has 0 bridgehead atoms. The molecule has 0 radical (unpaired) electrons. The lowest BCUT2D eigenvalue weighted by Gasteiger charge is -2.33. The molecule has 1 aromatic carbocycles. The normalized spacial score (nSPS) is 19.7. The van der Waals surface area contributed by atoms with Crippen LogP contribution >= 0.6 is 0 Å². The highest BCUT2D eigenvalue weighted by molar-refractivity contribution is 6.37. The lowest BCUT2D eigenvalue weighted by atomic mass is 9.80. The number of urea groups is 1. The van der Waals surface area contributed by atoms with E-state index in [2.05, 4.69) is 21.3 Å². The van der Waals surface area contributed by atoms with Crippen molar-refractivity contribution in [3.05, 3.63) is 35.4 Å². The van der Waals surface area contributed by atoms with E-state index in [1.807, 2.05) is 52.0 Å². The van der Waals surface area contributed by atoms with Gasteiger partial charge in [0.25, 0.3) is 5.91 Å². The van der Waals surface area contributed by atoms with Crippen LogP contribution in [0, 0.1) is 17.8 Å². The molecule has 1 aromatic rings. The first-order chi connectivity index (χ1) is 22.3. The second-order valence-electron chi connectivity index (χ2n) is 13.8. The van der Waals surface area contributed by atoms with Gasteiger partial charge in [0.05, 0.1) is 12.1 Å². The molecule has 6 N–H and O–H groups in total. The smallest absolute Gasteiger partial charge is 0.407 e. The number of nitrogens with zero attached hydrogens (tertiary/aromatic N) is 1. The van der Waals surface area contributed by atoms with Crippen molar-refractivity contribution in [3.63, 3.8) is 0 Å². The number of hydrogen-bond donors (Lipinski definition) is 5. The number of likely N-dealkylation sites (tertiary alicyclic amines) is 1. The summed E-state index contributed by atoms with van der Waals surface area (Å²) < 4.78 is 5.33. The van der Waals surface area contributed by atoms with E-state index in [0.717, 1.165) is 30.4 Å². The molecule has 1 unspecified atom stereocenters. The molecular weight excluding hydrogens is 604 g/mol. The Morgan fingerprint density at radius 1 is 0.894 bits per heavy atom. The molecule has 1 heterocycles. The van der Waals surface area contributed by atoms with Crippen LogP contribution in [0.15, 0.2) is 24.3 Å². The Labute approximate surface area is 276 Å². The molecular formula is C34H50N6O7. The number of fused-ring (bicyclic) bond motifs is 1. The molecule has 0 spiro atoms. The first-order valence-electron chi connectivity index (χ1n) is 16.9. The van der Waals surface area contributed by atoms with Gasteiger partial charge >= 0.3 is 12.1 Å². The van der Waals surface area contributed by atoms with Crippen molar-refractivity contribution >= 4 is 35.6 Å². The number of primary amides is 1. The number of amides is 6. The van der Waals surface area contributed by atoms with Gasteiger partial charge in [0.2, 0.25) is 17.6 Å². The first-order valence-corrected chi connectivity index (χ1v) is 16.9. The summed E-state index contributed by atoms with van der Waals surface area (Å²) in [6, 6.07) is 3.83. The summed E-state index contributed by atoms with van der Waals surface area (Å²) in [5.41, 5.74) is 7.49. The van der Waals surface area contributed by atoms with Crippen LogP contribution in [0.4, 0.5) is 9.59 Å². The zero-order chi connectivity index (χ0) is 34.2.